The number of carboxylic acid groups (broad SMARTS) is 1. The van der Waals surface area contributed by atoms with E-state index in [9.17, 15) is 4.79 Å². The van der Waals surface area contributed by atoms with E-state index >= 15 is 0 Å². The summed E-state index contributed by atoms with van der Waals surface area (Å²) in [5, 5.41) is 8.83. The van der Waals surface area contributed by atoms with Gasteiger partial charge in [-0.1, -0.05) is 19.1 Å². The molecular weight excluding hydrogens is 140 g/mol. The van der Waals surface area contributed by atoms with E-state index in [-0.39, 0.29) is 0 Å². The van der Waals surface area contributed by atoms with E-state index in [1.165, 1.54) is 0 Å². The summed E-state index contributed by atoms with van der Waals surface area (Å²) in [7, 11) is 0. The first-order valence-corrected chi connectivity index (χ1v) is 3.97. The standard InChI is InChI=1S/C9H14O2/c1-7-3-5-9(2,6-4-7)8(10)11/h3,5,7H,4,6H2,1-2H3,(H,10,11). The number of hydrogen-bond acceptors (Lipinski definition) is 1. The maximum absolute atomic E-state index is 10.7. The lowest BCUT2D eigenvalue weighted by atomic mass is 9.78. The highest BCUT2D eigenvalue weighted by Crippen LogP contribution is 2.32. The molecule has 0 radical (unpaired) electrons. The summed E-state index contributed by atoms with van der Waals surface area (Å²) < 4.78 is 0. The molecule has 62 valence electrons. The van der Waals surface area contributed by atoms with E-state index in [1.807, 2.05) is 12.2 Å². The van der Waals surface area contributed by atoms with Crippen LogP contribution in [0.3, 0.4) is 0 Å². The quantitative estimate of drug-likeness (QED) is 0.587. The molecule has 0 aromatic rings. The van der Waals surface area contributed by atoms with Crippen molar-refractivity contribution in [2.24, 2.45) is 11.3 Å². The van der Waals surface area contributed by atoms with Crippen molar-refractivity contribution >= 4 is 5.97 Å². The second-order valence-electron chi connectivity index (χ2n) is 3.60. The molecule has 0 saturated heterocycles. The van der Waals surface area contributed by atoms with Crippen LogP contribution in [-0.4, -0.2) is 11.1 Å². The van der Waals surface area contributed by atoms with Crippen molar-refractivity contribution in [3.05, 3.63) is 12.2 Å². The van der Waals surface area contributed by atoms with Crippen LogP contribution in [0.2, 0.25) is 0 Å². The van der Waals surface area contributed by atoms with Gasteiger partial charge >= 0.3 is 5.97 Å². The summed E-state index contributed by atoms with van der Waals surface area (Å²) >= 11 is 0. The van der Waals surface area contributed by atoms with E-state index in [1.54, 1.807) is 6.92 Å². The third-order valence-corrected chi connectivity index (χ3v) is 2.40. The lowest BCUT2D eigenvalue weighted by Gasteiger charge is -2.26. The Morgan fingerprint density at radius 3 is 2.73 bits per heavy atom. The fraction of sp³-hybridized carbons (Fsp3) is 0.667. The van der Waals surface area contributed by atoms with Crippen molar-refractivity contribution in [3.8, 4) is 0 Å². The van der Waals surface area contributed by atoms with Gasteiger partial charge in [0.15, 0.2) is 0 Å². The third-order valence-electron chi connectivity index (χ3n) is 2.40. The van der Waals surface area contributed by atoms with Crippen LogP contribution in [0.25, 0.3) is 0 Å². The van der Waals surface area contributed by atoms with Gasteiger partial charge in [-0.05, 0) is 25.7 Å². The van der Waals surface area contributed by atoms with Crippen LogP contribution in [0.15, 0.2) is 12.2 Å². The van der Waals surface area contributed by atoms with Crippen LogP contribution >= 0.6 is 0 Å². The first-order chi connectivity index (χ1) is 5.04. The molecular formula is C9H14O2. The zero-order valence-corrected chi connectivity index (χ0v) is 7.00. The van der Waals surface area contributed by atoms with E-state index in [0.717, 1.165) is 12.8 Å². The molecule has 2 unspecified atom stereocenters. The summed E-state index contributed by atoms with van der Waals surface area (Å²) in [5.41, 5.74) is -0.605. The van der Waals surface area contributed by atoms with Crippen molar-refractivity contribution in [2.75, 3.05) is 0 Å². The normalized spacial score (nSPS) is 37.1. The van der Waals surface area contributed by atoms with Gasteiger partial charge in [-0.2, -0.15) is 0 Å². The van der Waals surface area contributed by atoms with Crippen LogP contribution in [-0.2, 0) is 4.79 Å². The zero-order valence-electron chi connectivity index (χ0n) is 7.00. The maximum Gasteiger partial charge on any atom is 0.313 e. The summed E-state index contributed by atoms with van der Waals surface area (Å²) in [4.78, 5) is 10.7. The van der Waals surface area contributed by atoms with Gasteiger partial charge in [-0.15, -0.1) is 0 Å². The fourth-order valence-electron chi connectivity index (χ4n) is 1.26. The molecule has 1 rings (SSSR count). The Labute approximate surface area is 66.9 Å². The van der Waals surface area contributed by atoms with Crippen molar-refractivity contribution in [1.29, 1.82) is 0 Å². The molecule has 0 heterocycles. The maximum atomic E-state index is 10.7. The largest absolute Gasteiger partial charge is 0.481 e. The van der Waals surface area contributed by atoms with Crippen molar-refractivity contribution in [2.45, 2.75) is 26.7 Å². The minimum atomic E-state index is -0.708. The molecule has 0 fully saturated rings. The molecule has 1 aliphatic rings. The molecule has 2 nitrogen and oxygen atoms in total. The smallest absolute Gasteiger partial charge is 0.313 e. The number of rotatable bonds is 1. The molecule has 0 aliphatic heterocycles. The van der Waals surface area contributed by atoms with Crippen molar-refractivity contribution < 1.29 is 9.90 Å². The first kappa shape index (κ1) is 8.31. The molecule has 0 saturated carbocycles. The zero-order chi connectivity index (χ0) is 8.48. The molecule has 2 heteroatoms. The average molecular weight is 154 g/mol. The molecule has 11 heavy (non-hydrogen) atoms. The fourth-order valence-corrected chi connectivity index (χ4v) is 1.26. The molecule has 2 atom stereocenters. The second-order valence-corrected chi connectivity index (χ2v) is 3.60. The van der Waals surface area contributed by atoms with Gasteiger partial charge in [-0.3, -0.25) is 4.79 Å². The van der Waals surface area contributed by atoms with E-state index in [0.29, 0.717) is 5.92 Å². The van der Waals surface area contributed by atoms with Gasteiger partial charge in [-0.25, -0.2) is 0 Å². The highest BCUT2D eigenvalue weighted by Gasteiger charge is 2.32. The third kappa shape index (κ3) is 1.62. The van der Waals surface area contributed by atoms with Gasteiger partial charge in [0.1, 0.15) is 0 Å². The minimum absolute atomic E-state index is 0.544. The average Bonchev–Trinajstić information content (AvgIpc) is 1.95. The number of carbonyl (C=O) groups is 1. The Bertz CT molecular complexity index is 196. The molecule has 0 bridgehead atoms. The summed E-state index contributed by atoms with van der Waals surface area (Å²) in [5.74, 6) is -0.164. The number of allylic oxidation sites excluding steroid dienone is 1. The molecule has 1 N–H and O–H groups in total. The van der Waals surface area contributed by atoms with E-state index in [2.05, 4.69) is 6.92 Å². The minimum Gasteiger partial charge on any atom is -0.481 e. The van der Waals surface area contributed by atoms with Crippen molar-refractivity contribution in [3.63, 3.8) is 0 Å². The van der Waals surface area contributed by atoms with Crippen molar-refractivity contribution in [1.82, 2.24) is 0 Å². The highest BCUT2D eigenvalue weighted by molar-refractivity contribution is 5.76. The van der Waals surface area contributed by atoms with Gasteiger partial charge in [0.2, 0.25) is 0 Å². The Kier molecular flexibility index (Phi) is 2.03. The SMILES string of the molecule is CC1C=CC(C)(C(=O)O)CC1. The number of aliphatic carboxylic acids is 1. The van der Waals surface area contributed by atoms with Gasteiger partial charge in [0.05, 0.1) is 5.41 Å². The topological polar surface area (TPSA) is 37.3 Å². The lowest BCUT2D eigenvalue weighted by Crippen LogP contribution is -2.28. The summed E-state index contributed by atoms with van der Waals surface area (Å²) in [6.45, 7) is 3.88. The van der Waals surface area contributed by atoms with E-state index in [4.69, 9.17) is 5.11 Å². The molecule has 0 spiro atoms. The predicted molar refractivity (Wildman–Crippen MR) is 43.3 cm³/mol. The Morgan fingerprint density at radius 2 is 2.36 bits per heavy atom. The van der Waals surface area contributed by atoms with Gasteiger partial charge < -0.3 is 5.11 Å². The Morgan fingerprint density at radius 1 is 1.73 bits per heavy atom. The molecule has 0 amide bonds. The predicted octanol–water partition coefficient (Wildman–Crippen LogP) is 2.06. The molecule has 0 aromatic heterocycles. The van der Waals surface area contributed by atoms with Crippen LogP contribution in [0.1, 0.15) is 26.7 Å². The summed E-state index contributed by atoms with van der Waals surface area (Å²) in [6.07, 6.45) is 5.57. The van der Waals surface area contributed by atoms with Gasteiger partial charge in [0.25, 0.3) is 0 Å². The molecule has 0 aromatic carbocycles. The number of hydrogen-bond donors (Lipinski definition) is 1. The summed E-state index contributed by atoms with van der Waals surface area (Å²) in [6, 6.07) is 0. The second kappa shape index (κ2) is 2.68. The highest BCUT2D eigenvalue weighted by atomic mass is 16.4. The monoisotopic (exact) mass is 154 g/mol. The van der Waals surface area contributed by atoms with Gasteiger partial charge in [0, 0.05) is 0 Å². The van der Waals surface area contributed by atoms with E-state index < -0.39 is 11.4 Å². The lowest BCUT2D eigenvalue weighted by molar-refractivity contribution is -0.145. The first-order valence-electron chi connectivity index (χ1n) is 3.97. The molecule has 1 aliphatic carbocycles. The van der Waals surface area contributed by atoms with Crippen LogP contribution < -0.4 is 0 Å². The van der Waals surface area contributed by atoms with Crippen LogP contribution in [0, 0.1) is 11.3 Å². The Hall–Kier alpha value is -0.790. The van der Waals surface area contributed by atoms with Crippen LogP contribution in [0.4, 0.5) is 0 Å². The van der Waals surface area contributed by atoms with Crippen LogP contribution in [0.5, 0.6) is 0 Å². The number of carboxylic acids is 1. The Balaban J connectivity index is 2.76.